The molecule has 1 aromatic carbocycles. The third-order valence-corrected chi connectivity index (χ3v) is 6.60. The normalized spacial score (nSPS) is 25.5. The molecule has 2 amide bonds. The zero-order chi connectivity index (χ0) is 19.0. The fourth-order valence-corrected chi connectivity index (χ4v) is 4.57. The zero-order valence-corrected chi connectivity index (χ0v) is 16.6. The highest BCUT2D eigenvalue weighted by Crippen LogP contribution is 2.42. The Balaban J connectivity index is 1.30. The smallest absolute Gasteiger partial charge is 0.226 e. The lowest BCUT2D eigenvalue weighted by Crippen LogP contribution is -2.49. The van der Waals surface area contributed by atoms with Gasteiger partial charge in [0.05, 0.1) is 11.8 Å². The van der Waals surface area contributed by atoms with E-state index >= 15 is 0 Å². The average molecular weight is 370 g/mol. The van der Waals surface area contributed by atoms with Crippen molar-refractivity contribution in [3.63, 3.8) is 0 Å². The first-order chi connectivity index (χ1) is 13.1. The number of anilines is 1. The van der Waals surface area contributed by atoms with Crippen molar-refractivity contribution in [1.29, 1.82) is 0 Å². The van der Waals surface area contributed by atoms with Gasteiger partial charge in [0.25, 0.3) is 0 Å². The van der Waals surface area contributed by atoms with Crippen LogP contribution in [0.15, 0.2) is 18.2 Å². The summed E-state index contributed by atoms with van der Waals surface area (Å²) in [6.45, 7) is 9.32. The van der Waals surface area contributed by atoms with Crippen LogP contribution >= 0.6 is 0 Å². The number of amides is 2. The summed E-state index contributed by atoms with van der Waals surface area (Å²) in [4.78, 5) is 31.8. The van der Waals surface area contributed by atoms with E-state index in [4.69, 9.17) is 0 Å². The number of aryl methyl sites for hydroxylation is 1. The highest BCUT2D eigenvalue weighted by molar-refractivity contribution is 5.92. The Kier molecular flexibility index (Phi) is 5.11. The van der Waals surface area contributed by atoms with Crippen molar-refractivity contribution in [3.05, 3.63) is 29.3 Å². The van der Waals surface area contributed by atoms with Gasteiger partial charge in [-0.25, -0.2) is 0 Å². The van der Waals surface area contributed by atoms with Gasteiger partial charge in [0.1, 0.15) is 0 Å². The van der Waals surface area contributed by atoms with Gasteiger partial charge in [0, 0.05) is 45.0 Å². The topological polar surface area (TPSA) is 43.9 Å². The van der Waals surface area contributed by atoms with Crippen LogP contribution in [0, 0.1) is 25.7 Å². The Bertz CT molecular complexity index is 718. The third kappa shape index (κ3) is 3.69. The molecule has 1 saturated carbocycles. The van der Waals surface area contributed by atoms with Crippen LogP contribution in [0.1, 0.15) is 36.8 Å². The predicted molar refractivity (Wildman–Crippen MR) is 107 cm³/mol. The molecule has 5 nitrogen and oxygen atoms in total. The molecule has 3 fully saturated rings. The summed E-state index contributed by atoms with van der Waals surface area (Å²) >= 11 is 0. The molecule has 3 aliphatic rings. The molecule has 0 radical (unpaired) electrons. The molecule has 2 heterocycles. The van der Waals surface area contributed by atoms with Crippen molar-refractivity contribution in [1.82, 2.24) is 9.80 Å². The molecule has 0 N–H and O–H groups in total. The summed E-state index contributed by atoms with van der Waals surface area (Å²) < 4.78 is 0. The summed E-state index contributed by atoms with van der Waals surface area (Å²) in [7, 11) is 0. The van der Waals surface area contributed by atoms with Crippen molar-refractivity contribution >= 4 is 17.5 Å². The van der Waals surface area contributed by atoms with Gasteiger partial charge in [-0.05, 0) is 56.7 Å². The number of benzene rings is 1. The third-order valence-electron chi connectivity index (χ3n) is 6.60. The Labute approximate surface area is 162 Å². The van der Waals surface area contributed by atoms with Crippen LogP contribution in [0.2, 0.25) is 0 Å². The molecule has 1 aromatic rings. The van der Waals surface area contributed by atoms with E-state index in [-0.39, 0.29) is 23.7 Å². The number of carbonyl (C=O) groups excluding carboxylic acids is 2. The van der Waals surface area contributed by atoms with Gasteiger partial charge in [-0.1, -0.05) is 12.1 Å². The number of piperazine rings is 1. The molecule has 2 unspecified atom stereocenters. The number of hydrogen-bond donors (Lipinski definition) is 0. The molecule has 2 aliphatic heterocycles. The largest absolute Gasteiger partial charge is 0.368 e. The summed E-state index contributed by atoms with van der Waals surface area (Å²) in [5.41, 5.74) is 3.92. The number of hydrogen-bond acceptors (Lipinski definition) is 3. The number of rotatable bonds is 3. The monoisotopic (exact) mass is 369 g/mol. The van der Waals surface area contributed by atoms with Gasteiger partial charge in [-0.2, -0.15) is 0 Å². The van der Waals surface area contributed by atoms with Crippen molar-refractivity contribution < 1.29 is 9.59 Å². The maximum Gasteiger partial charge on any atom is 0.226 e. The van der Waals surface area contributed by atoms with E-state index < -0.39 is 0 Å². The minimum Gasteiger partial charge on any atom is -0.368 e. The Morgan fingerprint density at radius 3 is 2.04 bits per heavy atom. The molecule has 4 rings (SSSR count). The highest BCUT2D eigenvalue weighted by atomic mass is 16.2. The molecule has 0 aromatic heterocycles. The molecule has 146 valence electrons. The molecule has 2 saturated heterocycles. The molecule has 27 heavy (non-hydrogen) atoms. The van der Waals surface area contributed by atoms with Crippen molar-refractivity contribution in [3.8, 4) is 0 Å². The minimum absolute atomic E-state index is 0.0485. The maximum absolute atomic E-state index is 12.9. The summed E-state index contributed by atoms with van der Waals surface area (Å²) in [6.07, 6.45) is 4.20. The quantitative estimate of drug-likeness (QED) is 0.823. The van der Waals surface area contributed by atoms with Gasteiger partial charge in [-0.15, -0.1) is 0 Å². The van der Waals surface area contributed by atoms with Crippen molar-refractivity contribution in [2.24, 2.45) is 11.8 Å². The summed E-state index contributed by atoms with van der Waals surface area (Å²) in [5.74, 6) is 0.312. The number of carbonyl (C=O) groups is 2. The van der Waals surface area contributed by atoms with E-state index in [1.165, 1.54) is 23.2 Å². The second-order valence-corrected chi connectivity index (χ2v) is 8.37. The van der Waals surface area contributed by atoms with E-state index in [9.17, 15) is 9.59 Å². The Hall–Kier alpha value is -2.04. The highest BCUT2D eigenvalue weighted by Gasteiger charge is 2.51. The SMILES string of the molecule is Cc1cccc(N2CCN(C(=O)C3CC3C(=O)N3CCCCC3)CC2)c1C. The second kappa shape index (κ2) is 7.53. The minimum atomic E-state index is -0.0633. The lowest BCUT2D eigenvalue weighted by molar-refractivity contribution is -0.138. The van der Waals surface area contributed by atoms with Gasteiger partial charge < -0.3 is 14.7 Å². The fourth-order valence-electron chi connectivity index (χ4n) is 4.57. The Morgan fingerprint density at radius 1 is 0.815 bits per heavy atom. The summed E-state index contributed by atoms with van der Waals surface area (Å²) in [6, 6.07) is 6.43. The van der Waals surface area contributed by atoms with Gasteiger partial charge in [0.2, 0.25) is 11.8 Å². The van der Waals surface area contributed by atoms with E-state index in [1.54, 1.807) is 0 Å². The average Bonchev–Trinajstić information content (AvgIpc) is 3.51. The standard InChI is InChI=1S/C22H31N3O2/c1-16-7-6-8-20(17(16)2)23-11-13-25(14-12-23)22(27)19-15-18(19)21(26)24-9-4-3-5-10-24/h6-8,18-19H,3-5,9-15H2,1-2H3. The summed E-state index contributed by atoms with van der Waals surface area (Å²) in [5, 5.41) is 0. The van der Waals surface area contributed by atoms with Crippen LogP contribution in [-0.2, 0) is 9.59 Å². The number of likely N-dealkylation sites (tertiary alicyclic amines) is 1. The van der Waals surface area contributed by atoms with E-state index in [0.717, 1.165) is 58.5 Å². The number of nitrogens with zero attached hydrogens (tertiary/aromatic N) is 3. The molecule has 0 spiro atoms. The van der Waals surface area contributed by atoms with Crippen LogP contribution in [-0.4, -0.2) is 60.9 Å². The Morgan fingerprint density at radius 2 is 1.41 bits per heavy atom. The van der Waals surface area contributed by atoms with Crippen LogP contribution in [0.25, 0.3) is 0 Å². The van der Waals surface area contributed by atoms with Crippen LogP contribution < -0.4 is 4.90 Å². The van der Waals surface area contributed by atoms with Crippen LogP contribution in [0.5, 0.6) is 0 Å². The first-order valence-electron chi connectivity index (χ1n) is 10.4. The molecular weight excluding hydrogens is 338 g/mol. The van der Waals surface area contributed by atoms with E-state index in [0.29, 0.717) is 0 Å². The van der Waals surface area contributed by atoms with E-state index in [1.807, 2.05) is 9.80 Å². The molecule has 1 aliphatic carbocycles. The fraction of sp³-hybridized carbons (Fsp3) is 0.636. The zero-order valence-electron chi connectivity index (χ0n) is 16.6. The van der Waals surface area contributed by atoms with Crippen LogP contribution in [0.3, 0.4) is 0 Å². The van der Waals surface area contributed by atoms with Crippen LogP contribution in [0.4, 0.5) is 5.69 Å². The second-order valence-electron chi connectivity index (χ2n) is 8.37. The maximum atomic E-state index is 12.9. The molecule has 2 atom stereocenters. The van der Waals surface area contributed by atoms with Crippen molar-refractivity contribution in [2.45, 2.75) is 39.5 Å². The van der Waals surface area contributed by atoms with Crippen molar-refractivity contribution in [2.75, 3.05) is 44.2 Å². The first kappa shape index (κ1) is 18.3. The lowest BCUT2D eigenvalue weighted by Gasteiger charge is -2.37. The first-order valence-corrected chi connectivity index (χ1v) is 10.4. The predicted octanol–water partition coefficient (Wildman–Crippen LogP) is 2.60. The molecule has 5 heteroatoms. The van der Waals surface area contributed by atoms with E-state index in [2.05, 4.69) is 36.9 Å². The van der Waals surface area contributed by atoms with Gasteiger partial charge in [-0.3, -0.25) is 9.59 Å². The molecule has 0 bridgehead atoms. The lowest BCUT2D eigenvalue weighted by atomic mass is 10.1. The molecular formula is C22H31N3O2. The van der Waals surface area contributed by atoms with Gasteiger partial charge in [0.15, 0.2) is 0 Å². The van der Waals surface area contributed by atoms with Gasteiger partial charge >= 0.3 is 0 Å². The number of piperidine rings is 1.